The maximum atomic E-state index is 12.0. The van der Waals surface area contributed by atoms with Crippen molar-refractivity contribution in [3.8, 4) is 0 Å². The molecule has 0 aromatic rings. The minimum atomic E-state index is 0.300. The van der Waals surface area contributed by atoms with Gasteiger partial charge in [0.15, 0.2) is 0 Å². The zero-order valence-corrected chi connectivity index (χ0v) is 10.3. The van der Waals surface area contributed by atoms with Crippen LogP contribution in [0.3, 0.4) is 0 Å². The first-order valence-electron chi connectivity index (χ1n) is 5.53. The molecule has 1 saturated carbocycles. The second kappa shape index (κ2) is 4.93. The fraction of sp³-hybridized carbons (Fsp3) is 0.909. The number of hydrogen-bond donors (Lipinski definition) is 0. The molecule has 0 bridgehead atoms. The Balaban J connectivity index is 1.82. The van der Waals surface area contributed by atoms with E-state index < -0.39 is 0 Å². The van der Waals surface area contributed by atoms with Gasteiger partial charge in [-0.15, -0.1) is 11.8 Å². The fourth-order valence-corrected chi connectivity index (χ4v) is 4.83. The smallest absolute Gasteiger partial charge is 0.147 e. The molecule has 14 heavy (non-hydrogen) atoms. The predicted molar refractivity (Wildman–Crippen MR) is 65.1 cm³/mol. The van der Waals surface area contributed by atoms with Gasteiger partial charge >= 0.3 is 0 Å². The van der Waals surface area contributed by atoms with E-state index in [1.807, 2.05) is 23.5 Å². The van der Waals surface area contributed by atoms with Crippen LogP contribution >= 0.6 is 23.5 Å². The lowest BCUT2D eigenvalue weighted by Gasteiger charge is -2.30. The van der Waals surface area contributed by atoms with Gasteiger partial charge < -0.3 is 0 Å². The van der Waals surface area contributed by atoms with Gasteiger partial charge in [-0.3, -0.25) is 4.79 Å². The molecule has 1 heterocycles. The summed E-state index contributed by atoms with van der Waals surface area (Å²) in [6, 6.07) is 0. The summed E-state index contributed by atoms with van der Waals surface area (Å²) in [5, 5.41) is 0.843. The Hall–Kier alpha value is 0.370. The Morgan fingerprint density at radius 3 is 2.57 bits per heavy atom. The van der Waals surface area contributed by atoms with Crippen LogP contribution in [-0.4, -0.2) is 27.8 Å². The molecule has 2 fully saturated rings. The Bertz CT molecular complexity index is 213. The molecule has 0 N–H and O–H groups in total. The lowest BCUT2D eigenvalue weighted by Crippen LogP contribution is -2.33. The Morgan fingerprint density at radius 1 is 1.29 bits per heavy atom. The highest BCUT2D eigenvalue weighted by Gasteiger charge is 2.31. The second-order valence-electron chi connectivity index (χ2n) is 4.33. The highest BCUT2D eigenvalue weighted by molar-refractivity contribution is 8.07. The molecule has 3 heteroatoms. The van der Waals surface area contributed by atoms with Gasteiger partial charge in [0, 0.05) is 23.2 Å². The quantitative estimate of drug-likeness (QED) is 0.742. The van der Waals surface area contributed by atoms with Crippen molar-refractivity contribution in [1.82, 2.24) is 0 Å². The molecule has 0 aromatic heterocycles. The Kier molecular flexibility index (Phi) is 3.83. The van der Waals surface area contributed by atoms with Crippen LogP contribution in [0.15, 0.2) is 0 Å². The molecule has 1 nitrogen and oxygen atoms in total. The summed E-state index contributed by atoms with van der Waals surface area (Å²) in [4.78, 5) is 12.0. The first-order chi connectivity index (χ1) is 6.77. The monoisotopic (exact) mass is 230 g/mol. The summed E-state index contributed by atoms with van der Waals surface area (Å²) in [6.45, 7) is 2.21. The summed E-state index contributed by atoms with van der Waals surface area (Å²) < 4.78 is 0. The molecule has 2 rings (SSSR count). The van der Waals surface area contributed by atoms with Gasteiger partial charge in [0.25, 0.3) is 0 Å². The van der Waals surface area contributed by atoms with Gasteiger partial charge in [-0.2, -0.15) is 11.8 Å². The van der Waals surface area contributed by atoms with Crippen molar-refractivity contribution < 1.29 is 4.79 Å². The number of hydrogen-bond acceptors (Lipinski definition) is 3. The molecular weight excluding hydrogens is 212 g/mol. The third kappa shape index (κ3) is 2.48. The van der Waals surface area contributed by atoms with Crippen LogP contribution in [-0.2, 0) is 4.79 Å². The number of thioether (sulfide) groups is 2. The van der Waals surface area contributed by atoms with E-state index in [0.29, 0.717) is 16.3 Å². The van der Waals surface area contributed by atoms with E-state index in [9.17, 15) is 4.79 Å². The van der Waals surface area contributed by atoms with Crippen molar-refractivity contribution >= 4 is 29.3 Å². The molecule has 1 aliphatic heterocycles. The molecule has 0 amide bonds. The maximum absolute atomic E-state index is 12.0. The predicted octanol–water partition coefficient (Wildman–Crippen LogP) is 2.98. The highest BCUT2D eigenvalue weighted by atomic mass is 32.2. The minimum Gasteiger partial charge on any atom is -0.298 e. The van der Waals surface area contributed by atoms with Crippen molar-refractivity contribution in [2.24, 2.45) is 5.92 Å². The highest BCUT2D eigenvalue weighted by Crippen LogP contribution is 2.36. The molecule has 80 valence electrons. The van der Waals surface area contributed by atoms with Gasteiger partial charge in [-0.05, 0) is 5.92 Å². The molecule has 1 saturated heterocycles. The maximum Gasteiger partial charge on any atom is 0.147 e. The van der Waals surface area contributed by atoms with Gasteiger partial charge in [-0.25, -0.2) is 0 Å². The van der Waals surface area contributed by atoms with Gasteiger partial charge in [0.2, 0.25) is 0 Å². The molecule has 0 aromatic carbocycles. The summed E-state index contributed by atoms with van der Waals surface area (Å²) in [5.74, 6) is 3.65. The van der Waals surface area contributed by atoms with Crippen LogP contribution in [0.1, 0.15) is 32.6 Å². The summed E-state index contributed by atoms with van der Waals surface area (Å²) in [5.41, 5.74) is 0. The molecular formula is C11H18OS2. The van der Waals surface area contributed by atoms with E-state index in [2.05, 4.69) is 6.92 Å². The minimum absolute atomic E-state index is 0.300. The van der Waals surface area contributed by atoms with E-state index in [0.717, 1.165) is 18.1 Å². The molecule has 1 aliphatic carbocycles. The average Bonchev–Trinajstić information content (AvgIpc) is 2.12. The number of carbonyl (C=O) groups is 1. The summed E-state index contributed by atoms with van der Waals surface area (Å²) in [6.07, 6.45) is 4.80. The van der Waals surface area contributed by atoms with E-state index >= 15 is 0 Å². The largest absolute Gasteiger partial charge is 0.298 e. The van der Waals surface area contributed by atoms with Crippen molar-refractivity contribution in [1.29, 1.82) is 0 Å². The first-order valence-corrected chi connectivity index (χ1v) is 7.63. The van der Waals surface area contributed by atoms with Crippen LogP contribution < -0.4 is 0 Å². The van der Waals surface area contributed by atoms with E-state index in [1.165, 1.54) is 25.0 Å². The number of ketones is 1. The molecule has 0 radical (unpaired) electrons. The van der Waals surface area contributed by atoms with Gasteiger partial charge in [-0.1, -0.05) is 26.2 Å². The average molecular weight is 230 g/mol. The fourth-order valence-electron chi connectivity index (χ4n) is 2.08. The molecule has 2 aliphatic rings. The summed E-state index contributed by atoms with van der Waals surface area (Å²) >= 11 is 3.85. The normalized spacial score (nSPS) is 33.8. The van der Waals surface area contributed by atoms with Crippen LogP contribution in [0.5, 0.6) is 0 Å². The van der Waals surface area contributed by atoms with Crippen molar-refractivity contribution in [2.75, 3.05) is 11.5 Å². The number of Topliss-reactive ketones (excluding diaryl/α,β-unsaturated/α-hetero) is 1. The van der Waals surface area contributed by atoms with E-state index in [-0.39, 0.29) is 0 Å². The Labute approximate surface area is 94.8 Å². The van der Waals surface area contributed by atoms with Crippen molar-refractivity contribution in [3.05, 3.63) is 0 Å². The van der Waals surface area contributed by atoms with Gasteiger partial charge in [0.1, 0.15) is 5.78 Å². The zero-order chi connectivity index (χ0) is 9.97. The third-order valence-corrected chi connectivity index (χ3v) is 6.36. The standard InChI is InChI=1S/C11H18OS2/c1-8-11(14-6-5-13-8)10(12)7-9-3-2-4-9/h8-9,11H,2-7H2,1H3. The number of rotatable bonds is 3. The lowest BCUT2D eigenvalue weighted by molar-refractivity contribution is -0.120. The SMILES string of the molecule is CC1SCCSC1C(=O)CC1CCC1. The van der Waals surface area contributed by atoms with E-state index in [4.69, 9.17) is 0 Å². The third-order valence-electron chi connectivity index (χ3n) is 3.22. The van der Waals surface area contributed by atoms with Crippen molar-refractivity contribution in [3.63, 3.8) is 0 Å². The van der Waals surface area contributed by atoms with E-state index in [1.54, 1.807) is 0 Å². The second-order valence-corrected chi connectivity index (χ2v) is 7.07. The van der Waals surface area contributed by atoms with Crippen LogP contribution in [0.4, 0.5) is 0 Å². The molecule has 2 atom stereocenters. The van der Waals surface area contributed by atoms with Crippen LogP contribution in [0, 0.1) is 5.92 Å². The molecule has 0 spiro atoms. The van der Waals surface area contributed by atoms with Crippen molar-refractivity contribution in [2.45, 2.75) is 43.1 Å². The first kappa shape index (κ1) is 10.9. The van der Waals surface area contributed by atoms with Crippen LogP contribution in [0.25, 0.3) is 0 Å². The van der Waals surface area contributed by atoms with Crippen LogP contribution in [0.2, 0.25) is 0 Å². The topological polar surface area (TPSA) is 17.1 Å². The van der Waals surface area contributed by atoms with Gasteiger partial charge in [0.05, 0.1) is 5.25 Å². The lowest BCUT2D eigenvalue weighted by atomic mass is 9.81. The number of carbonyl (C=O) groups excluding carboxylic acids is 1. The molecule has 2 unspecified atom stereocenters. The summed E-state index contributed by atoms with van der Waals surface area (Å²) in [7, 11) is 0. The Morgan fingerprint density at radius 2 is 2.00 bits per heavy atom. The zero-order valence-electron chi connectivity index (χ0n) is 8.70.